The number of hydrazone groups is 1. The molecule has 3 rings (SSSR count). The summed E-state index contributed by atoms with van der Waals surface area (Å²) < 4.78 is 67.7. The first-order valence-corrected chi connectivity index (χ1v) is 12.1. The minimum Gasteiger partial charge on any atom is -0.271 e. The molecule has 3 aromatic carbocycles. The maximum absolute atomic E-state index is 13.3. The topological polar surface area (TPSA) is 78.8 Å². The lowest BCUT2D eigenvalue weighted by Crippen LogP contribution is -2.40. The van der Waals surface area contributed by atoms with E-state index < -0.39 is 39.9 Å². The molecule has 0 fully saturated rings. The van der Waals surface area contributed by atoms with Crippen molar-refractivity contribution in [2.75, 3.05) is 10.8 Å². The zero-order valence-corrected chi connectivity index (χ0v) is 20.3. The molecule has 0 radical (unpaired) electrons. The van der Waals surface area contributed by atoms with Crippen molar-refractivity contribution in [2.45, 2.75) is 11.1 Å². The fourth-order valence-corrected chi connectivity index (χ4v) is 4.93. The van der Waals surface area contributed by atoms with Gasteiger partial charge in [-0.25, -0.2) is 13.8 Å². The molecule has 0 unspecified atom stereocenters. The first-order chi connectivity index (χ1) is 16.0. The Hall–Kier alpha value is -2.89. The summed E-state index contributed by atoms with van der Waals surface area (Å²) in [5.74, 6) is -0.892. The number of rotatable bonds is 7. The Balaban J connectivity index is 1.97. The van der Waals surface area contributed by atoms with Crippen molar-refractivity contribution in [1.82, 2.24) is 5.43 Å². The van der Waals surface area contributed by atoms with E-state index in [0.29, 0.717) is 20.4 Å². The Labute approximate surface area is 207 Å². The molecule has 0 saturated heterocycles. The first-order valence-electron chi connectivity index (χ1n) is 9.51. The molecule has 34 heavy (non-hydrogen) atoms. The molecular formula is C22H16BrClF3N3O3S. The van der Waals surface area contributed by atoms with Gasteiger partial charge in [0.2, 0.25) is 0 Å². The van der Waals surface area contributed by atoms with Crippen molar-refractivity contribution in [3.8, 4) is 0 Å². The van der Waals surface area contributed by atoms with E-state index in [-0.39, 0.29) is 9.92 Å². The monoisotopic (exact) mass is 573 g/mol. The normalized spacial score (nSPS) is 12.0. The van der Waals surface area contributed by atoms with Crippen LogP contribution in [0.15, 0.2) is 87.3 Å². The maximum atomic E-state index is 13.3. The summed E-state index contributed by atoms with van der Waals surface area (Å²) in [6.07, 6.45) is -3.42. The predicted octanol–water partition coefficient (Wildman–Crippen LogP) is 5.47. The number of alkyl halides is 3. The average molecular weight is 575 g/mol. The van der Waals surface area contributed by atoms with Crippen LogP contribution in [-0.4, -0.2) is 27.1 Å². The third-order valence-electron chi connectivity index (χ3n) is 4.46. The number of nitrogens with one attached hydrogen (secondary N) is 1. The Bertz CT molecular complexity index is 1320. The Morgan fingerprint density at radius 1 is 1.06 bits per heavy atom. The summed E-state index contributed by atoms with van der Waals surface area (Å²) in [5.41, 5.74) is 1.21. The molecule has 0 aliphatic rings. The molecule has 0 heterocycles. The van der Waals surface area contributed by atoms with Gasteiger partial charge in [-0.1, -0.05) is 63.9 Å². The number of amides is 1. The van der Waals surface area contributed by atoms with Gasteiger partial charge in [0.25, 0.3) is 15.9 Å². The minimum atomic E-state index is -4.75. The number of carbonyl (C=O) groups excluding carboxylic acids is 1. The van der Waals surface area contributed by atoms with Gasteiger partial charge in [0, 0.05) is 10.0 Å². The van der Waals surface area contributed by atoms with E-state index >= 15 is 0 Å². The average Bonchev–Trinajstić information content (AvgIpc) is 2.79. The van der Waals surface area contributed by atoms with Crippen molar-refractivity contribution < 1.29 is 26.4 Å². The second-order valence-corrected chi connectivity index (χ2v) is 9.93. The number of hydrogen-bond donors (Lipinski definition) is 1. The molecule has 0 aliphatic heterocycles. The van der Waals surface area contributed by atoms with Gasteiger partial charge in [0.05, 0.1) is 27.4 Å². The van der Waals surface area contributed by atoms with E-state index in [9.17, 15) is 26.4 Å². The highest BCUT2D eigenvalue weighted by Gasteiger charge is 2.34. The van der Waals surface area contributed by atoms with Crippen LogP contribution in [0, 0.1) is 0 Å². The molecule has 178 valence electrons. The van der Waals surface area contributed by atoms with Crippen LogP contribution in [0.5, 0.6) is 0 Å². The number of hydrogen-bond acceptors (Lipinski definition) is 4. The molecule has 0 bridgehead atoms. The molecule has 0 aromatic heterocycles. The zero-order valence-electron chi connectivity index (χ0n) is 17.1. The Morgan fingerprint density at radius 3 is 2.35 bits per heavy atom. The fourth-order valence-electron chi connectivity index (χ4n) is 2.82. The van der Waals surface area contributed by atoms with Crippen LogP contribution in [0.1, 0.15) is 11.1 Å². The number of nitrogens with zero attached hydrogens (tertiary/aromatic N) is 2. The Kier molecular flexibility index (Phi) is 8.01. The van der Waals surface area contributed by atoms with Crippen LogP contribution >= 0.6 is 27.5 Å². The van der Waals surface area contributed by atoms with Crippen molar-refractivity contribution in [3.05, 3.63) is 93.4 Å². The highest BCUT2D eigenvalue weighted by molar-refractivity contribution is 9.10. The van der Waals surface area contributed by atoms with E-state index in [4.69, 9.17) is 11.6 Å². The quantitative estimate of drug-likeness (QED) is 0.300. The number of sulfonamides is 1. The van der Waals surface area contributed by atoms with Crippen LogP contribution < -0.4 is 9.73 Å². The summed E-state index contributed by atoms with van der Waals surface area (Å²) in [6.45, 7) is -0.869. The molecule has 0 atom stereocenters. The minimum absolute atomic E-state index is 0.229. The molecular weight excluding hydrogens is 559 g/mol. The number of anilines is 1. The molecule has 3 aromatic rings. The third kappa shape index (κ3) is 6.16. The smallest absolute Gasteiger partial charge is 0.271 e. The predicted molar refractivity (Wildman–Crippen MR) is 127 cm³/mol. The van der Waals surface area contributed by atoms with Gasteiger partial charge < -0.3 is 0 Å². The molecule has 0 saturated carbocycles. The molecule has 0 spiro atoms. The van der Waals surface area contributed by atoms with Crippen molar-refractivity contribution in [3.63, 3.8) is 0 Å². The first kappa shape index (κ1) is 25.7. The van der Waals surface area contributed by atoms with E-state index in [1.807, 2.05) is 0 Å². The van der Waals surface area contributed by atoms with Crippen LogP contribution in [0.25, 0.3) is 0 Å². The van der Waals surface area contributed by atoms with Crippen LogP contribution in [0.3, 0.4) is 0 Å². The summed E-state index contributed by atoms with van der Waals surface area (Å²) in [6, 6.07) is 16.2. The molecule has 0 aliphatic carbocycles. The second-order valence-electron chi connectivity index (χ2n) is 6.80. The van der Waals surface area contributed by atoms with Crippen molar-refractivity contribution >= 4 is 55.4 Å². The van der Waals surface area contributed by atoms with Gasteiger partial charge in [0.1, 0.15) is 6.54 Å². The largest absolute Gasteiger partial charge is 0.416 e. The lowest BCUT2D eigenvalue weighted by atomic mass is 10.2. The van der Waals surface area contributed by atoms with Crippen LogP contribution in [0.4, 0.5) is 18.9 Å². The highest BCUT2D eigenvalue weighted by atomic mass is 79.9. The Morgan fingerprint density at radius 2 is 1.71 bits per heavy atom. The van der Waals surface area contributed by atoms with Gasteiger partial charge in [-0.2, -0.15) is 18.3 Å². The van der Waals surface area contributed by atoms with Crippen LogP contribution in [-0.2, 0) is 21.0 Å². The lowest BCUT2D eigenvalue weighted by molar-refractivity contribution is -0.137. The van der Waals surface area contributed by atoms with E-state index in [1.165, 1.54) is 30.5 Å². The highest BCUT2D eigenvalue weighted by Crippen LogP contribution is 2.37. The zero-order chi connectivity index (χ0) is 24.9. The van der Waals surface area contributed by atoms with Gasteiger partial charge in [-0.15, -0.1) is 0 Å². The fraction of sp³-hybridized carbons (Fsp3) is 0.0909. The van der Waals surface area contributed by atoms with Gasteiger partial charge in [-0.3, -0.25) is 9.10 Å². The molecule has 6 nitrogen and oxygen atoms in total. The number of benzene rings is 3. The number of carbonyl (C=O) groups is 1. The standard InChI is InChI=1S/C22H16BrClF3N3O3S/c23-18-9-5-4-6-15(18)13-28-29-21(31)14-30(34(32,33)17-7-2-1-3-8-17)20-12-16(22(25,26)27)10-11-19(20)24/h1-13H,14H2,(H,29,31)/b28-13-. The summed E-state index contributed by atoms with van der Waals surface area (Å²) in [5, 5.41) is 3.51. The van der Waals surface area contributed by atoms with Crippen LogP contribution in [0.2, 0.25) is 5.02 Å². The molecule has 12 heteroatoms. The van der Waals surface area contributed by atoms with Gasteiger partial charge in [0.15, 0.2) is 0 Å². The maximum Gasteiger partial charge on any atom is 0.416 e. The van der Waals surface area contributed by atoms with E-state index in [2.05, 4.69) is 26.5 Å². The van der Waals surface area contributed by atoms with E-state index in [0.717, 1.165) is 12.1 Å². The molecule has 1 N–H and O–H groups in total. The third-order valence-corrected chi connectivity index (χ3v) is 7.27. The van der Waals surface area contributed by atoms with Gasteiger partial charge in [-0.05, 0) is 36.4 Å². The van der Waals surface area contributed by atoms with Crippen molar-refractivity contribution in [2.24, 2.45) is 5.10 Å². The lowest BCUT2D eigenvalue weighted by Gasteiger charge is -2.25. The van der Waals surface area contributed by atoms with E-state index in [1.54, 1.807) is 30.3 Å². The SMILES string of the molecule is O=C(CN(c1cc(C(F)(F)F)ccc1Cl)S(=O)(=O)c1ccccc1)N/N=C\c1ccccc1Br. The van der Waals surface area contributed by atoms with Gasteiger partial charge >= 0.3 is 6.18 Å². The van der Waals surface area contributed by atoms with Crippen molar-refractivity contribution in [1.29, 1.82) is 0 Å². The summed E-state index contributed by atoms with van der Waals surface area (Å²) >= 11 is 9.40. The molecule has 1 amide bonds. The summed E-state index contributed by atoms with van der Waals surface area (Å²) in [4.78, 5) is 12.3. The summed E-state index contributed by atoms with van der Waals surface area (Å²) in [7, 11) is -4.46. The second kappa shape index (κ2) is 10.6. The number of halogens is 5.